The quantitative estimate of drug-likeness (QED) is 0.798. The van der Waals surface area contributed by atoms with Crippen LogP contribution >= 0.6 is 11.3 Å². The molecule has 4 nitrogen and oxygen atoms in total. The Morgan fingerprint density at radius 1 is 1.29 bits per heavy atom. The van der Waals surface area contributed by atoms with E-state index in [9.17, 15) is 4.79 Å². The summed E-state index contributed by atoms with van der Waals surface area (Å²) in [6.07, 6.45) is 5.84. The maximum atomic E-state index is 12.5. The van der Waals surface area contributed by atoms with Gasteiger partial charge in [-0.2, -0.15) is 0 Å². The molecule has 0 aliphatic heterocycles. The van der Waals surface area contributed by atoms with Crippen molar-refractivity contribution >= 4 is 17.2 Å². The van der Waals surface area contributed by atoms with Gasteiger partial charge in [-0.05, 0) is 44.4 Å². The number of methoxy groups -OCH3 is 1. The van der Waals surface area contributed by atoms with Crippen LogP contribution in [0.2, 0.25) is 0 Å². The minimum absolute atomic E-state index is 0.0120. The Morgan fingerprint density at radius 3 is 2.67 bits per heavy atom. The summed E-state index contributed by atoms with van der Waals surface area (Å²) in [4.78, 5) is 13.7. The molecule has 0 radical (unpaired) electrons. The number of rotatable bonds is 7. The minimum atomic E-state index is 0.0120. The summed E-state index contributed by atoms with van der Waals surface area (Å²) in [6, 6.07) is 3.94. The third kappa shape index (κ3) is 3.74. The molecule has 5 heteroatoms. The lowest BCUT2D eigenvalue weighted by Crippen LogP contribution is -2.25. The number of hydrogen-bond acceptors (Lipinski definition) is 3. The lowest BCUT2D eigenvalue weighted by molar-refractivity contribution is 0.0951. The number of ether oxygens (including phenoxy) is 1. The van der Waals surface area contributed by atoms with Gasteiger partial charge in [0.2, 0.25) is 0 Å². The van der Waals surface area contributed by atoms with Crippen LogP contribution < -0.4 is 5.32 Å². The normalized spacial score (nSPS) is 10.8. The zero-order valence-electron chi connectivity index (χ0n) is 12.8. The van der Waals surface area contributed by atoms with Crippen LogP contribution in [0.15, 0.2) is 24.5 Å². The second kappa shape index (κ2) is 7.43. The highest BCUT2D eigenvalue weighted by Gasteiger charge is 2.19. The van der Waals surface area contributed by atoms with Crippen LogP contribution in [0.25, 0.3) is 5.00 Å². The van der Waals surface area contributed by atoms with Crippen LogP contribution in [0.5, 0.6) is 0 Å². The van der Waals surface area contributed by atoms with E-state index >= 15 is 0 Å². The average Bonchev–Trinajstić information content (AvgIpc) is 3.08. The molecule has 0 spiro atoms. The van der Waals surface area contributed by atoms with Crippen molar-refractivity contribution in [2.45, 2.75) is 26.7 Å². The number of carbonyl (C=O) groups is 1. The summed E-state index contributed by atoms with van der Waals surface area (Å²) in [6.45, 7) is 5.49. The van der Waals surface area contributed by atoms with Crippen molar-refractivity contribution in [3.05, 3.63) is 40.5 Å². The van der Waals surface area contributed by atoms with Crippen LogP contribution in [0.4, 0.5) is 0 Å². The molecule has 1 N–H and O–H groups in total. The Balaban J connectivity index is 2.10. The van der Waals surface area contributed by atoms with Crippen LogP contribution in [0.3, 0.4) is 0 Å². The summed E-state index contributed by atoms with van der Waals surface area (Å²) in [5.74, 6) is 0.0120. The Labute approximate surface area is 129 Å². The van der Waals surface area contributed by atoms with Gasteiger partial charge in [-0.15, -0.1) is 11.3 Å². The van der Waals surface area contributed by atoms with E-state index in [4.69, 9.17) is 4.74 Å². The van der Waals surface area contributed by atoms with Gasteiger partial charge >= 0.3 is 0 Å². The molecular formula is C16H22N2O2S. The number of aryl methyl sites for hydroxylation is 1. The Bertz CT molecular complexity index is 588. The molecule has 0 aliphatic carbocycles. The van der Waals surface area contributed by atoms with Crippen molar-refractivity contribution in [1.29, 1.82) is 0 Å². The summed E-state index contributed by atoms with van der Waals surface area (Å²) >= 11 is 1.66. The van der Waals surface area contributed by atoms with Gasteiger partial charge in [0.25, 0.3) is 5.91 Å². The number of nitrogens with one attached hydrogen (secondary N) is 1. The molecule has 0 aliphatic rings. The van der Waals surface area contributed by atoms with Crippen molar-refractivity contribution in [2.75, 3.05) is 20.3 Å². The second-order valence-corrected chi connectivity index (χ2v) is 6.21. The lowest BCUT2D eigenvalue weighted by Gasteiger charge is -2.08. The van der Waals surface area contributed by atoms with E-state index in [-0.39, 0.29) is 5.91 Å². The van der Waals surface area contributed by atoms with Crippen molar-refractivity contribution in [3.63, 3.8) is 0 Å². The van der Waals surface area contributed by atoms with E-state index in [1.807, 2.05) is 36.0 Å². The molecule has 2 aromatic rings. The first-order chi connectivity index (χ1) is 10.1. The van der Waals surface area contributed by atoms with Gasteiger partial charge in [-0.25, -0.2) is 0 Å². The Hall–Kier alpha value is -1.59. The predicted octanol–water partition coefficient (Wildman–Crippen LogP) is 3.31. The van der Waals surface area contributed by atoms with Crippen LogP contribution in [0, 0.1) is 13.8 Å². The highest BCUT2D eigenvalue weighted by molar-refractivity contribution is 7.15. The third-order valence-electron chi connectivity index (χ3n) is 3.49. The maximum absolute atomic E-state index is 12.5. The lowest BCUT2D eigenvalue weighted by atomic mass is 10.1. The molecule has 0 atom stereocenters. The number of unbranched alkanes of at least 4 members (excludes halogenated alkanes) is 1. The van der Waals surface area contributed by atoms with Gasteiger partial charge in [0.15, 0.2) is 0 Å². The monoisotopic (exact) mass is 306 g/mol. The molecule has 0 saturated heterocycles. The molecule has 1 amide bonds. The van der Waals surface area contributed by atoms with Crippen molar-refractivity contribution in [2.24, 2.45) is 0 Å². The first-order valence-corrected chi connectivity index (χ1v) is 7.97. The SMILES string of the molecule is COCCCCNC(=O)c1c(-n2cccc2)sc(C)c1C. The van der Waals surface area contributed by atoms with Crippen molar-refractivity contribution in [3.8, 4) is 5.00 Å². The molecule has 0 unspecified atom stereocenters. The highest BCUT2D eigenvalue weighted by atomic mass is 32.1. The largest absolute Gasteiger partial charge is 0.385 e. The van der Waals surface area contributed by atoms with Gasteiger partial charge < -0.3 is 14.6 Å². The zero-order chi connectivity index (χ0) is 15.2. The van der Waals surface area contributed by atoms with E-state index < -0.39 is 0 Å². The fraction of sp³-hybridized carbons (Fsp3) is 0.438. The smallest absolute Gasteiger partial charge is 0.254 e. The Kier molecular flexibility index (Phi) is 5.59. The molecule has 0 saturated carbocycles. The standard InChI is InChI=1S/C16H22N2O2S/c1-12-13(2)21-16(18-9-5-6-10-18)14(12)15(19)17-8-4-7-11-20-3/h5-6,9-10H,4,7-8,11H2,1-3H3,(H,17,19). The Morgan fingerprint density at radius 2 is 2.00 bits per heavy atom. The molecular weight excluding hydrogens is 284 g/mol. The molecule has 0 bridgehead atoms. The number of carbonyl (C=O) groups excluding carboxylic acids is 1. The molecule has 2 heterocycles. The number of aromatic nitrogens is 1. The summed E-state index contributed by atoms with van der Waals surface area (Å²) in [5.41, 5.74) is 1.86. The number of thiophene rings is 1. The van der Waals surface area contributed by atoms with Crippen LogP contribution in [-0.2, 0) is 4.74 Å². The minimum Gasteiger partial charge on any atom is -0.385 e. The molecule has 2 aromatic heterocycles. The fourth-order valence-corrected chi connectivity index (χ4v) is 3.31. The fourth-order valence-electron chi connectivity index (χ4n) is 2.19. The third-order valence-corrected chi connectivity index (χ3v) is 4.71. The number of amides is 1. The van der Waals surface area contributed by atoms with E-state index in [1.165, 1.54) is 4.88 Å². The van der Waals surface area contributed by atoms with Gasteiger partial charge in [-0.3, -0.25) is 4.79 Å². The van der Waals surface area contributed by atoms with Gasteiger partial charge in [0, 0.05) is 37.5 Å². The van der Waals surface area contributed by atoms with Gasteiger partial charge in [-0.1, -0.05) is 0 Å². The van der Waals surface area contributed by atoms with Gasteiger partial charge in [0.05, 0.1) is 5.56 Å². The highest BCUT2D eigenvalue weighted by Crippen LogP contribution is 2.30. The van der Waals surface area contributed by atoms with Crippen LogP contribution in [0.1, 0.15) is 33.6 Å². The van der Waals surface area contributed by atoms with Crippen molar-refractivity contribution in [1.82, 2.24) is 9.88 Å². The summed E-state index contributed by atoms with van der Waals surface area (Å²) in [7, 11) is 1.69. The second-order valence-electron chi connectivity index (χ2n) is 5.01. The predicted molar refractivity (Wildman–Crippen MR) is 86.6 cm³/mol. The molecule has 2 rings (SSSR count). The van der Waals surface area contributed by atoms with E-state index in [0.717, 1.165) is 35.6 Å². The molecule has 0 fully saturated rings. The molecule has 21 heavy (non-hydrogen) atoms. The number of hydrogen-bond donors (Lipinski definition) is 1. The molecule has 114 valence electrons. The number of nitrogens with zero attached hydrogens (tertiary/aromatic N) is 1. The van der Waals surface area contributed by atoms with E-state index in [2.05, 4.69) is 12.2 Å². The first-order valence-electron chi connectivity index (χ1n) is 7.15. The van der Waals surface area contributed by atoms with Crippen molar-refractivity contribution < 1.29 is 9.53 Å². The maximum Gasteiger partial charge on any atom is 0.254 e. The van der Waals surface area contributed by atoms with E-state index in [1.54, 1.807) is 18.4 Å². The first kappa shape index (κ1) is 15.8. The van der Waals surface area contributed by atoms with Gasteiger partial charge in [0.1, 0.15) is 5.00 Å². The summed E-state index contributed by atoms with van der Waals surface area (Å²) in [5, 5.41) is 4.00. The van der Waals surface area contributed by atoms with Crippen LogP contribution in [-0.4, -0.2) is 30.7 Å². The summed E-state index contributed by atoms with van der Waals surface area (Å²) < 4.78 is 7.01. The van der Waals surface area contributed by atoms with E-state index in [0.29, 0.717) is 6.54 Å². The molecule has 0 aromatic carbocycles. The average molecular weight is 306 g/mol. The zero-order valence-corrected chi connectivity index (χ0v) is 13.6. The topological polar surface area (TPSA) is 43.3 Å².